The first-order chi connectivity index (χ1) is 20.9. The first kappa shape index (κ1) is 27.4. The molecule has 3 heterocycles. The number of anilines is 1. The van der Waals surface area contributed by atoms with Gasteiger partial charge in [-0.3, -0.25) is 19.4 Å². The molecule has 43 heavy (non-hydrogen) atoms. The second-order valence-electron chi connectivity index (χ2n) is 11.3. The fraction of sp³-hybridized carbons (Fsp3) is 0.273. The van der Waals surface area contributed by atoms with Gasteiger partial charge in [-0.1, -0.05) is 72.0 Å². The Hall–Kier alpha value is -4.44. The Bertz CT molecular complexity index is 1710. The van der Waals surface area contributed by atoms with Crippen LogP contribution in [0.4, 0.5) is 5.69 Å². The van der Waals surface area contributed by atoms with Crippen molar-refractivity contribution in [3.05, 3.63) is 106 Å². The van der Waals surface area contributed by atoms with Crippen molar-refractivity contribution in [1.82, 2.24) is 10.0 Å². The number of hydrazone groups is 1. The van der Waals surface area contributed by atoms with Crippen molar-refractivity contribution in [2.75, 3.05) is 11.4 Å². The van der Waals surface area contributed by atoms with Gasteiger partial charge in [0.15, 0.2) is 12.1 Å². The molecule has 9 nitrogen and oxygen atoms in total. The molecule has 0 radical (unpaired) electrons. The van der Waals surface area contributed by atoms with Gasteiger partial charge in [0.1, 0.15) is 6.54 Å². The monoisotopic (exact) mass is 636 g/mol. The summed E-state index contributed by atoms with van der Waals surface area (Å²) in [5.41, 5.74) is 5.61. The minimum absolute atomic E-state index is 0.0482. The van der Waals surface area contributed by atoms with Crippen LogP contribution in [0.5, 0.6) is 0 Å². The number of imide groups is 1. The third-order valence-corrected chi connectivity index (χ3v) is 9.17. The number of carbonyl (C=O) groups excluding carboxylic acids is 3. The van der Waals surface area contributed by atoms with E-state index in [4.69, 9.17) is 5.10 Å². The van der Waals surface area contributed by atoms with Crippen molar-refractivity contribution >= 4 is 51.1 Å². The van der Waals surface area contributed by atoms with Gasteiger partial charge in [0.25, 0.3) is 17.7 Å². The molecule has 216 valence electrons. The van der Waals surface area contributed by atoms with E-state index in [1.54, 1.807) is 11.1 Å². The lowest BCUT2D eigenvalue weighted by atomic mass is 9.77. The second kappa shape index (κ2) is 11.0. The quantitative estimate of drug-likeness (QED) is 0.327. The fourth-order valence-electron chi connectivity index (χ4n) is 6.54. The molecule has 3 aromatic carbocycles. The van der Waals surface area contributed by atoms with E-state index >= 15 is 0 Å². The number of halogens is 1. The van der Waals surface area contributed by atoms with Gasteiger partial charge in [0, 0.05) is 10.4 Å². The smallest absolute Gasteiger partial charge is 0.264 e. The molecule has 4 atom stereocenters. The number of hydrogen-bond donors (Lipinski definition) is 0. The summed E-state index contributed by atoms with van der Waals surface area (Å²) in [7, 11) is 0. The van der Waals surface area contributed by atoms with Gasteiger partial charge in [-0.2, -0.15) is 10.2 Å². The lowest BCUT2D eigenvalue weighted by Gasteiger charge is -2.30. The molecule has 1 saturated carbocycles. The van der Waals surface area contributed by atoms with Crippen LogP contribution in [0.2, 0.25) is 0 Å². The van der Waals surface area contributed by atoms with Crippen molar-refractivity contribution in [2.24, 2.45) is 21.4 Å². The fourth-order valence-corrected chi connectivity index (χ4v) is 7.21. The molecule has 3 aromatic rings. The molecular formula is C33H29BrN6O3. The van der Waals surface area contributed by atoms with Gasteiger partial charge < -0.3 is 0 Å². The van der Waals surface area contributed by atoms with Crippen LogP contribution in [0.3, 0.4) is 0 Å². The number of benzene rings is 3. The van der Waals surface area contributed by atoms with E-state index in [9.17, 15) is 14.4 Å². The molecule has 0 spiro atoms. The second-order valence-corrected chi connectivity index (χ2v) is 12.2. The molecule has 0 bridgehead atoms. The van der Waals surface area contributed by atoms with Crippen LogP contribution in [-0.4, -0.2) is 52.1 Å². The van der Waals surface area contributed by atoms with Crippen molar-refractivity contribution in [3.63, 3.8) is 0 Å². The first-order valence-corrected chi connectivity index (χ1v) is 15.2. The molecule has 0 unspecified atom stereocenters. The van der Waals surface area contributed by atoms with E-state index in [0.717, 1.165) is 52.1 Å². The van der Waals surface area contributed by atoms with E-state index in [1.807, 2.05) is 67.6 Å². The SMILES string of the molecule is Cc1ccc(N2C(=O)[C@@H]3[C@@H](N=NN3CC(=O)N3N=C4/C(=C/c5ccccc5)CCC[C@H]4[C@H]3c3ccccc3)C2=O)c(Br)c1. The molecule has 1 saturated heterocycles. The molecule has 4 aliphatic rings. The van der Waals surface area contributed by atoms with E-state index in [2.05, 4.69) is 44.5 Å². The minimum Gasteiger partial charge on any atom is -0.271 e. The zero-order valence-corrected chi connectivity index (χ0v) is 25.1. The van der Waals surface area contributed by atoms with E-state index < -0.39 is 23.9 Å². The predicted octanol–water partition coefficient (Wildman–Crippen LogP) is 5.87. The minimum atomic E-state index is -0.994. The Balaban J connectivity index is 1.18. The number of fused-ring (bicyclic) bond motifs is 2. The van der Waals surface area contributed by atoms with Crippen molar-refractivity contribution in [1.29, 1.82) is 0 Å². The summed E-state index contributed by atoms with van der Waals surface area (Å²) >= 11 is 3.48. The summed E-state index contributed by atoms with van der Waals surface area (Å²) in [5, 5.41) is 16.1. The molecule has 0 aromatic heterocycles. The molecule has 3 amide bonds. The normalized spacial score (nSPS) is 25.4. The summed E-state index contributed by atoms with van der Waals surface area (Å²) in [5.74, 6) is -1.16. The van der Waals surface area contributed by atoms with Crippen molar-refractivity contribution in [2.45, 2.75) is 44.3 Å². The first-order valence-electron chi connectivity index (χ1n) is 14.4. The van der Waals surface area contributed by atoms with Crippen molar-refractivity contribution < 1.29 is 14.4 Å². The van der Waals surface area contributed by atoms with E-state index in [1.165, 1.54) is 5.01 Å². The third kappa shape index (κ3) is 4.79. The average Bonchev–Trinajstić information content (AvgIpc) is 3.68. The van der Waals surface area contributed by atoms with Gasteiger partial charge in [-0.05, 0) is 82.6 Å². The van der Waals surface area contributed by atoms with Gasteiger partial charge in [-0.15, -0.1) is 0 Å². The van der Waals surface area contributed by atoms with E-state index in [-0.39, 0.29) is 24.4 Å². The van der Waals surface area contributed by atoms with Gasteiger partial charge >= 0.3 is 0 Å². The Kier molecular flexibility index (Phi) is 7.01. The standard InChI is InChI=1S/C33H29BrN6O3/c1-20-15-16-26(25(34)17-20)39-32(42)29-31(33(39)43)38(37-35-29)19-27(41)40-30(22-11-6-3-7-12-22)24-14-8-13-23(28(24)36-40)18-21-9-4-2-5-10-21/h2-7,9-12,15-18,24,29-31H,8,13-14,19H2,1H3/b23-18+/t24-,29-,30-,31+/m1/s1. The van der Waals surface area contributed by atoms with Crippen LogP contribution in [0, 0.1) is 12.8 Å². The van der Waals surface area contributed by atoms with E-state index in [0.29, 0.717) is 10.2 Å². The van der Waals surface area contributed by atoms with Crippen LogP contribution in [0.25, 0.3) is 6.08 Å². The van der Waals surface area contributed by atoms with Gasteiger partial charge in [0.05, 0.1) is 17.4 Å². The highest BCUT2D eigenvalue weighted by molar-refractivity contribution is 9.10. The summed E-state index contributed by atoms with van der Waals surface area (Å²) in [4.78, 5) is 42.1. The number of amides is 3. The maximum atomic E-state index is 14.1. The highest BCUT2D eigenvalue weighted by Crippen LogP contribution is 2.45. The molecular weight excluding hydrogens is 608 g/mol. The van der Waals surface area contributed by atoms with Crippen LogP contribution in [-0.2, 0) is 14.4 Å². The summed E-state index contributed by atoms with van der Waals surface area (Å²) in [6.07, 6.45) is 4.97. The molecule has 0 N–H and O–H groups in total. The highest BCUT2D eigenvalue weighted by Gasteiger charge is 2.56. The summed E-state index contributed by atoms with van der Waals surface area (Å²) in [6, 6.07) is 23.3. The zero-order valence-electron chi connectivity index (χ0n) is 23.5. The summed E-state index contributed by atoms with van der Waals surface area (Å²) < 4.78 is 0.634. The van der Waals surface area contributed by atoms with Gasteiger partial charge in [-0.25, -0.2) is 9.91 Å². The number of nitrogens with zero attached hydrogens (tertiary/aromatic N) is 6. The Morgan fingerprint density at radius 2 is 1.72 bits per heavy atom. The highest BCUT2D eigenvalue weighted by atomic mass is 79.9. The molecule has 7 rings (SSSR count). The molecule has 10 heteroatoms. The number of aryl methyl sites for hydroxylation is 1. The largest absolute Gasteiger partial charge is 0.271 e. The molecule has 2 fully saturated rings. The molecule has 1 aliphatic carbocycles. The Labute approximate surface area is 257 Å². The number of allylic oxidation sites excluding steroid dienone is 1. The van der Waals surface area contributed by atoms with Crippen molar-refractivity contribution in [3.8, 4) is 0 Å². The van der Waals surface area contributed by atoms with Crippen LogP contribution < -0.4 is 4.90 Å². The number of hydrogen-bond acceptors (Lipinski definition) is 7. The third-order valence-electron chi connectivity index (χ3n) is 8.54. The van der Waals surface area contributed by atoms with Crippen LogP contribution >= 0.6 is 15.9 Å². The average molecular weight is 638 g/mol. The van der Waals surface area contributed by atoms with Gasteiger partial charge in [0.2, 0.25) is 0 Å². The topological polar surface area (TPSA) is 98.0 Å². The maximum absolute atomic E-state index is 14.1. The number of rotatable bonds is 5. The van der Waals surface area contributed by atoms with Crippen LogP contribution in [0.15, 0.2) is 104 Å². The predicted molar refractivity (Wildman–Crippen MR) is 166 cm³/mol. The van der Waals surface area contributed by atoms with Crippen LogP contribution in [0.1, 0.15) is 42.0 Å². The lowest BCUT2D eigenvalue weighted by Crippen LogP contribution is -2.45. The number of carbonyl (C=O) groups is 3. The molecule has 3 aliphatic heterocycles. The Morgan fingerprint density at radius 1 is 0.977 bits per heavy atom. The Morgan fingerprint density at radius 3 is 2.47 bits per heavy atom. The summed E-state index contributed by atoms with van der Waals surface area (Å²) in [6.45, 7) is 1.70. The maximum Gasteiger partial charge on any atom is 0.264 e. The lowest BCUT2D eigenvalue weighted by molar-refractivity contribution is -0.136. The zero-order chi connectivity index (χ0) is 29.7.